The minimum atomic E-state index is -3.69. The molecule has 0 radical (unpaired) electrons. The molecule has 1 rings (SSSR count). The summed E-state index contributed by atoms with van der Waals surface area (Å²) in [6.45, 7) is 6.86. The van der Waals surface area contributed by atoms with Crippen LogP contribution in [0.15, 0.2) is 5.03 Å². The van der Waals surface area contributed by atoms with E-state index in [4.69, 9.17) is 4.74 Å². The van der Waals surface area contributed by atoms with Crippen LogP contribution in [0.1, 0.15) is 31.5 Å². The van der Waals surface area contributed by atoms with E-state index in [1.807, 2.05) is 0 Å². The summed E-state index contributed by atoms with van der Waals surface area (Å²) in [5, 5.41) is 15.3. The van der Waals surface area contributed by atoms with Crippen molar-refractivity contribution in [1.29, 1.82) is 0 Å². The number of aliphatic hydroxyl groups excluding tert-OH is 1. The first kappa shape index (κ1) is 17.1. The Labute approximate surface area is 119 Å². The van der Waals surface area contributed by atoms with E-state index in [1.54, 1.807) is 6.92 Å². The molecule has 0 unspecified atom stereocenters. The van der Waals surface area contributed by atoms with E-state index in [0.29, 0.717) is 36.8 Å². The van der Waals surface area contributed by atoms with Gasteiger partial charge in [-0.15, -0.1) is 0 Å². The van der Waals surface area contributed by atoms with Gasteiger partial charge in [0.15, 0.2) is 5.03 Å². The van der Waals surface area contributed by atoms with Crippen molar-refractivity contribution in [3.63, 3.8) is 0 Å². The van der Waals surface area contributed by atoms with Crippen LogP contribution in [0, 0.1) is 12.8 Å². The number of aromatic amines is 1. The standard InChI is InChI=1S/C12H23N3O4S/c1-9(2)8-19-6-4-5-13-20(17,18)12-11(7-16)10(3)14-15-12/h9,13,16H,4-8H2,1-3H3,(H,14,15). The molecule has 0 saturated heterocycles. The lowest BCUT2D eigenvalue weighted by molar-refractivity contribution is 0.108. The molecule has 1 heterocycles. The second-order valence-corrected chi connectivity index (χ2v) is 6.69. The van der Waals surface area contributed by atoms with Crippen LogP contribution in [-0.4, -0.2) is 43.5 Å². The average molecular weight is 305 g/mol. The molecule has 0 aliphatic heterocycles. The van der Waals surface area contributed by atoms with Crippen molar-refractivity contribution in [3.05, 3.63) is 11.3 Å². The molecule has 0 fully saturated rings. The van der Waals surface area contributed by atoms with Gasteiger partial charge in [-0.1, -0.05) is 13.8 Å². The van der Waals surface area contributed by atoms with Crippen molar-refractivity contribution >= 4 is 10.0 Å². The quantitative estimate of drug-likeness (QED) is 0.578. The number of aliphatic hydroxyl groups is 1. The van der Waals surface area contributed by atoms with Gasteiger partial charge in [-0.3, -0.25) is 5.10 Å². The van der Waals surface area contributed by atoms with Crippen LogP contribution in [0.25, 0.3) is 0 Å². The van der Waals surface area contributed by atoms with E-state index in [-0.39, 0.29) is 18.2 Å². The largest absolute Gasteiger partial charge is 0.392 e. The first-order valence-electron chi connectivity index (χ1n) is 6.60. The number of nitrogens with zero attached hydrogens (tertiary/aromatic N) is 1. The number of nitrogens with one attached hydrogen (secondary N) is 2. The Kier molecular flexibility index (Phi) is 6.60. The number of ether oxygens (including phenoxy) is 1. The summed E-state index contributed by atoms with van der Waals surface area (Å²) in [6, 6.07) is 0. The highest BCUT2D eigenvalue weighted by atomic mass is 32.2. The number of hydrogen-bond donors (Lipinski definition) is 3. The monoisotopic (exact) mass is 305 g/mol. The molecule has 116 valence electrons. The fourth-order valence-corrected chi connectivity index (χ4v) is 2.86. The first-order valence-corrected chi connectivity index (χ1v) is 8.09. The number of rotatable bonds is 9. The summed E-state index contributed by atoms with van der Waals surface area (Å²) in [5.74, 6) is 0.464. The van der Waals surface area contributed by atoms with Crippen LogP contribution < -0.4 is 4.72 Å². The lowest BCUT2D eigenvalue weighted by Crippen LogP contribution is -2.27. The van der Waals surface area contributed by atoms with E-state index in [0.717, 1.165) is 0 Å². The van der Waals surface area contributed by atoms with Crippen LogP contribution in [0.4, 0.5) is 0 Å². The molecule has 0 spiro atoms. The van der Waals surface area contributed by atoms with Crippen molar-refractivity contribution < 1.29 is 18.3 Å². The average Bonchev–Trinajstić information content (AvgIpc) is 2.75. The van der Waals surface area contributed by atoms with E-state index >= 15 is 0 Å². The maximum Gasteiger partial charge on any atom is 0.260 e. The third-order valence-electron chi connectivity index (χ3n) is 2.66. The van der Waals surface area contributed by atoms with Crippen molar-refractivity contribution in [2.24, 2.45) is 5.92 Å². The molecule has 1 aromatic rings. The molecule has 20 heavy (non-hydrogen) atoms. The second kappa shape index (κ2) is 7.72. The SMILES string of the molecule is Cc1[nH]nc(S(=O)(=O)NCCCOCC(C)C)c1CO. The number of sulfonamides is 1. The molecule has 0 aliphatic carbocycles. The fourth-order valence-electron chi connectivity index (χ4n) is 1.61. The Morgan fingerprint density at radius 2 is 2.15 bits per heavy atom. The van der Waals surface area contributed by atoms with E-state index in [2.05, 4.69) is 28.8 Å². The van der Waals surface area contributed by atoms with Crippen LogP contribution in [0.2, 0.25) is 0 Å². The van der Waals surface area contributed by atoms with E-state index in [1.165, 1.54) is 0 Å². The Morgan fingerprint density at radius 1 is 1.45 bits per heavy atom. The molecule has 0 saturated carbocycles. The zero-order chi connectivity index (χ0) is 15.2. The smallest absolute Gasteiger partial charge is 0.260 e. The normalized spacial score (nSPS) is 12.2. The lowest BCUT2D eigenvalue weighted by atomic mass is 10.2. The Hall–Kier alpha value is -0.960. The summed E-state index contributed by atoms with van der Waals surface area (Å²) < 4.78 is 31.9. The molecule has 0 atom stereocenters. The number of aromatic nitrogens is 2. The van der Waals surface area contributed by atoms with Crippen LogP contribution in [-0.2, 0) is 21.4 Å². The zero-order valence-electron chi connectivity index (χ0n) is 12.1. The molecular weight excluding hydrogens is 282 g/mol. The highest BCUT2D eigenvalue weighted by Crippen LogP contribution is 2.15. The van der Waals surface area contributed by atoms with Gasteiger partial charge in [-0.25, -0.2) is 13.1 Å². The van der Waals surface area contributed by atoms with Gasteiger partial charge in [0.1, 0.15) is 0 Å². The summed E-state index contributed by atoms with van der Waals surface area (Å²) in [6.07, 6.45) is 0.587. The van der Waals surface area contributed by atoms with Gasteiger partial charge < -0.3 is 9.84 Å². The van der Waals surface area contributed by atoms with Crippen molar-refractivity contribution in [1.82, 2.24) is 14.9 Å². The third kappa shape index (κ3) is 4.86. The summed E-state index contributed by atoms with van der Waals surface area (Å²) in [7, 11) is -3.69. The van der Waals surface area contributed by atoms with E-state index in [9.17, 15) is 13.5 Å². The summed E-state index contributed by atoms with van der Waals surface area (Å²) in [5.41, 5.74) is 0.849. The van der Waals surface area contributed by atoms with Gasteiger partial charge in [-0.05, 0) is 19.3 Å². The Morgan fingerprint density at radius 3 is 2.75 bits per heavy atom. The highest BCUT2D eigenvalue weighted by Gasteiger charge is 2.22. The van der Waals surface area contributed by atoms with Gasteiger partial charge >= 0.3 is 0 Å². The zero-order valence-corrected chi connectivity index (χ0v) is 13.0. The number of hydrogen-bond acceptors (Lipinski definition) is 5. The van der Waals surface area contributed by atoms with Crippen LogP contribution >= 0.6 is 0 Å². The van der Waals surface area contributed by atoms with Crippen LogP contribution in [0.5, 0.6) is 0 Å². The molecule has 0 amide bonds. The fraction of sp³-hybridized carbons (Fsp3) is 0.750. The summed E-state index contributed by atoms with van der Waals surface area (Å²) >= 11 is 0. The predicted molar refractivity (Wildman–Crippen MR) is 74.7 cm³/mol. The predicted octanol–water partition coefficient (Wildman–Crippen LogP) is 0.551. The van der Waals surface area contributed by atoms with Crippen molar-refractivity contribution in [3.8, 4) is 0 Å². The maximum atomic E-state index is 12.0. The molecule has 0 aliphatic rings. The Bertz CT molecular complexity index is 511. The minimum Gasteiger partial charge on any atom is -0.392 e. The summed E-state index contributed by atoms with van der Waals surface area (Å²) in [4.78, 5) is 0. The molecule has 3 N–H and O–H groups in total. The lowest BCUT2D eigenvalue weighted by Gasteiger charge is -2.08. The minimum absolute atomic E-state index is 0.138. The van der Waals surface area contributed by atoms with Gasteiger partial charge in [0.25, 0.3) is 10.0 Å². The number of H-pyrrole nitrogens is 1. The van der Waals surface area contributed by atoms with Crippen LogP contribution in [0.3, 0.4) is 0 Å². The molecule has 0 aromatic carbocycles. The van der Waals surface area contributed by atoms with Gasteiger partial charge in [-0.2, -0.15) is 5.10 Å². The first-order chi connectivity index (χ1) is 9.38. The maximum absolute atomic E-state index is 12.0. The van der Waals surface area contributed by atoms with Crippen molar-refractivity contribution in [2.45, 2.75) is 38.8 Å². The molecule has 1 aromatic heterocycles. The second-order valence-electron chi connectivity index (χ2n) is 5.01. The number of aryl methyl sites for hydroxylation is 1. The van der Waals surface area contributed by atoms with Gasteiger partial charge in [0.05, 0.1) is 6.61 Å². The Balaban J connectivity index is 2.46. The molecule has 7 nitrogen and oxygen atoms in total. The molecular formula is C12H23N3O4S. The molecule has 8 heteroatoms. The topological polar surface area (TPSA) is 104 Å². The van der Waals surface area contributed by atoms with Gasteiger partial charge in [0, 0.05) is 31.0 Å². The highest BCUT2D eigenvalue weighted by molar-refractivity contribution is 7.89. The third-order valence-corrected chi connectivity index (χ3v) is 4.09. The van der Waals surface area contributed by atoms with Gasteiger partial charge in [0.2, 0.25) is 0 Å². The van der Waals surface area contributed by atoms with Crippen molar-refractivity contribution in [2.75, 3.05) is 19.8 Å². The molecule has 0 bridgehead atoms. The van der Waals surface area contributed by atoms with E-state index < -0.39 is 10.0 Å².